The molecule has 16 heavy (non-hydrogen) atoms. The molecular weight excluding hydrogens is 226 g/mol. The van der Waals surface area contributed by atoms with Gasteiger partial charge in [-0.1, -0.05) is 13.5 Å². The zero-order valence-corrected chi connectivity index (χ0v) is 9.98. The van der Waals surface area contributed by atoms with E-state index in [9.17, 15) is 9.59 Å². The van der Waals surface area contributed by atoms with Gasteiger partial charge in [-0.3, -0.25) is 4.79 Å². The number of carbonyl (C=O) groups is 2. The Morgan fingerprint density at radius 3 is 2.62 bits per heavy atom. The molecule has 0 aromatic carbocycles. The van der Waals surface area contributed by atoms with Crippen molar-refractivity contribution in [1.82, 2.24) is 0 Å². The van der Waals surface area contributed by atoms with Crippen molar-refractivity contribution in [2.45, 2.75) is 20.3 Å². The van der Waals surface area contributed by atoms with Crippen LogP contribution in [-0.4, -0.2) is 17.0 Å². The number of rotatable bonds is 4. The van der Waals surface area contributed by atoms with Gasteiger partial charge >= 0.3 is 5.97 Å². The monoisotopic (exact) mass is 239 g/mol. The third kappa shape index (κ3) is 2.49. The van der Waals surface area contributed by atoms with Gasteiger partial charge in [0, 0.05) is 12.3 Å². The Bertz CT molecular complexity index is 448. The molecule has 1 heterocycles. The fourth-order valence-electron chi connectivity index (χ4n) is 1.24. The maximum absolute atomic E-state index is 11.0. The first-order valence-electron chi connectivity index (χ1n) is 4.77. The molecule has 0 aliphatic rings. The number of carbonyl (C=O) groups excluding carboxylic acids is 1. The normalized spacial score (nSPS) is 9.88. The fourth-order valence-corrected chi connectivity index (χ4v) is 2.28. The minimum absolute atomic E-state index is 0.116. The molecule has 0 fully saturated rings. The van der Waals surface area contributed by atoms with Crippen molar-refractivity contribution in [3.8, 4) is 0 Å². The van der Waals surface area contributed by atoms with Crippen LogP contribution in [0.15, 0.2) is 12.0 Å². The fraction of sp³-hybridized carbons (Fsp3) is 0.273. The molecule has 0 aliphatic heterocycles. The van der Waals surface area contributed by atoms with Crippen molar-refractivity contribution < 1.29 is 14.7 Å². The average molecular weight is 239 g/mol. The van der Waals surface area contributed by atoms with Crippen molar-refractivity contribution in [2.75, 3.05) is 5.32 Å². The molecule has 5 heteroatoms. The Balaban J connectivity index is 3.24. The van der Waals surface area contributed by atoms with Crippen LogP contribution in [0.4, 0.5) is 5.69 Å². The number of hydrogen-bond acceptors (Lipinski definition) is 3. The first kappa shape index (κ1) is 12.4. The molecule has 2 N–H and O–H groups in total. The summed E-state index contributed by atoms with van der Waals surface area (Å²) in [6.45, 7) is 7.13. The highest BCUT2D eigenvalue weighted by Crippen LogP contribution is 2.34. The van der Waals surface area contributed by atoms with Crippen molar-refractivity contribution in [2.24, 2.45) is 0 Å². The summed E-state index contributed by atoms with van der Waals surface area (Å²) in [5, 5.41) is 13.0. The van der Waals surface area contributed by atoms with Gasteiger partial charge in [0.05, 0.1) is 16.1 Å². The first-order chi connectivity index (χ1) is 7.47. The summed E-state index contributed by atoms with van der Waals surface area (Å²) >= 11 is 1.28. The standard InChI is InChI=1S/C11H13NO3S/c1-4-6(2)10-9(12-7(3)13)8(5-16-10)11(14)15/h5H,2,4H2,1,3H3,(H,12,13)(H,14,15). The molecule has 0 saturated heterocycles. The lowest BCUT2D eigenvalue weighted by atomic mass is 10.1. The van der Waals surface area contributed by atoms with Crippen LogP contribution in [-0.2, 0) is 4.79 Å². The van der Waals surface area contributed by atoms with Gasteiger partial charge in [-0.15, -0.1) is 11.3 Å². The van der Waals surface area contributed by atoms with Gasteiger partial charge in [0.1, 0.15) is 0 Å². The Kier molecular flexibility index (Phi) is 3.84. The summed E-state index contributed by atoms with van der Waals surface area (Å²) in [6, 6.07) is 0. The minimum Gasteiger partial charge on any atom is -0.478 e. The van der Waals surface area contributed by atoms with Crippen molar-refractivity contribution in [1.29, 1.82) is 0 Å². The topological polar surface area (TPSA) is 66.4 Å². The van der Waals surface area contributed by atoms with E-state index in [2.05, 4.69) is 11.9 Å². The zero-order chi connectivity index (χ0) is 12.3. The van der Waals surface area contributed by atoms with Crippen LogP contribution < -0.4 is 5.32 Å². The Labute approximate surface area is 97.6 Å². The molecule has 1 aromatic rings. The molecule has 0 aliphatic carbocycles. The van der Waals surface area contributed by atoms with E-state index in [1.807, 2.05) is 6.92 Å². The molecule has 0 saturated carbocycles. The lowest BCUT2D eigenvalue weighted by molar-refractivity contribution is -0.114. The predicted octanol–water partition coefficient (Wildman–Crippen LogP) is 2.83. The Hall–Kier alpha value is -1.62. The van der Waals surface area contributed by atoms with Crippen molar-refractivity contribution in [3.05, 3.63) is 22.4 Å². The highest BCUT2D eigenvalue weighted by molar-refractivity contribution is 7.12. The molecule has 1 aromatic heterocycles. The number of nitrogens with one attached hydrogen (secondary N) is 1. The van der Waals surface area contributed by atoms with Crippen LogP contribution in [0, 0.1) is 0 Å². The smallest absolute Gasteiger partial charge is 0.338 e. The summed E-state index contributed by atoms with van der Waals surface area (Å²) < 4.78 is 0. The lowest BCUT2D eigenvalue weighted by Crippen LogP contribution is -2.10. The third-order valence-corrected chi connectivity index (χ3v) is 3.15. The SMILES string of the molecule is C=C(CC)c1scc(C(=O)O)c1NC(C)=O. The van der Waals surface area contributed by atoms with Gasteiger partial charge in [-0.25, -0.2) is 4.79 Å². The van der Waals surface area contributed by atoms with E-state index in [0.717, 1.165) is 10.5 Å². The van der Waals surface area contributed by atoms with Crippen LogP contribution in [0.3, 0.4) is 0 Å². The second-order valence-electron chi connectivity index (χ2n) is 3.30. The number of carboxylic acids is 1. The second kappa shape index (κ2) is 4.94. The Morgan fingerprint density at radius 1 is 1.56 bits per heavy atom. The average Bonchev–Trinajstić information content (AvgIpc) is 2.59. The van der Waals surface area contributed by atoms with Crippen LogP contribution in [0.25, 0.3) is 5.57 Å². The minimum atomic E-state index is -1.05. The number of amides is 1. The van der Waals surface area contributed by atoms with Crippen LogP contribution in [0.2, 0.25) is 0 Å². The van der Waals surface area contributed by atoms with Gasteiger partial charge in [0.15, 0.2) is 0 Å². The highest BCUT2D eigenvalue weighted by Gasteiger charge is 2.18. The van der Waals surface area contributed by atoms with E-state index in [4.69, 9.17) is 5.11 Å². The molecule has 0 radical (unpaired) electrons. The largest absolute Gasteiger partial charge is 0.478 e. The van der Waals surface area contributed by atoms with Crippen LogP contribution in [0.1, 0.15) is 35.5 Å². The van der Waals surface area contributed by atoms with Gasteiger partial charge in [0.2, 0.25) is 5.91 Å². The summed E-state index contributed by atoms with van der Waals surface area (Å²) in [4.78, 5) is 22.7. The molecule has 86 valence electrons. The maximum Gasteiger partial charge on any atom is 0.338 e. The number of hydrogen-bond donors (Lipinski definition) is 2. The summed E-state index contributed by atoms with van der Waals surface area (Å²) in [7, 11) is 0. The molecule has 0 unspecified atom stereocenters. The molecule has 0 atom stereocenters. The van der Waals surface area contributed by atoms with E-state index in [1.165, 1.54) is 23.6 Å². The number of anilines is 1. The van der Waals surface area contributed by atoms with E-state index in [-0.39, 0.29) is 11.5 Å². The summed E-state index contributed by atoms with van der Waals surface area (Å²) in [5.74, 6) is -1.33. The number of aromatic carboxylic acids is 1. The summed E-state index contributed by atoms with van der Waals surface area (Å²) in [6.07, 6.45) is 0.714. The molecule has 1 amide bonds. The van der Waals surface area contributed by atoms with Crippen LogP contribution >= 0.6 is 11.3 Å². The van der Waals surface area contributed by atoms with E-state index in [0.29, 0.717) is 12.1 Å². The van der Waals surface area contributed by atoms with Crippen molar-refractivity contribution in [3.63, 3.8) is 0 Å². The van der Waals surface area contributed by atoms with Crippen molar-refractivity contribution >= 4 is 34.5 Å². The van der Waals surface area contributed by atoms with Gasteiger partial charge in [-0.05, 0) is 12.0 Å². The van der Waals surface area contributed by atoms with E-state index in [1.54, 1.807) is 0 Å². The number of carboxylic acid groups (broad SMARTS) is 1. The van der Waals surface area contributed by atoms with Gasteiger partial charge < -0.3 is 10.4 Å². The van der Waals surface area contributed by atoms with Gasteiger partial charge in [0.25, 0.3) is 0 Å². The third-order valence-electron chi connectivity index (χ3n) is 2.07. The molecule has 0 spiro atoms. The summed E-state index contributed by atoms with van der Waals surface area (Å²) in [5.41, 5.74) is 1.29. The zero-order valence-electron chi connectivity index (χ0n) is 9.16. The first-order valence-corrected chi connectivity index (χ1v) is 5.65. The highest BCUT2D eigenvalue weighted by atomic mass is 32.1. The second-order valence-corrected chi connectivity index (χ2v) is 4.18. The molecule has 1 rings (SSSR count). The molecule has 0 bridgehead atoms. The van der Waals surface area contributed by atoms with E-state index < -0.39 is 5.97 Å². The number of thiophene rings is 1. The lowest BCUT2D eigenvalue weighted by Gasteiger charge is -2.06. The predicted molar refractivity (Wildman–Crippen MR) is 64.9 cm³/mol. The maximum atomic E-state index is 11.0. The quantitative estimate of drug-likeness (QED) is 0.849. The molecular formula is C11H13NO3S. The Morgan fingerprint density at radius 2 is 2.19 bits per heavy atom. The van der Waals surface area contributed by atoms with E-state index >= 15 is 0 Å². The molecule has 4 nitrogen and oxygen atoms in total. The van der Waals surface area contributed by atoms with Crippen LogP contribution in [0.5, 0.6) is 0 Å². The van der Waals surface area contributed by atoms with Gasteiger partial charge in [-0.2, -0.15) is 0 Å². The number of allylic oxidation sites excluding steroid dienone is 1.